The molecule has 11 nitrogen and oxygen atoms in total. The average Bonchev–Trinajstić information content (AvgIpc) is 3.07. The third-order valence-corrected chi connectivity index (χ3v) is 4.64. The zero-order chi connectivity index (χ0) is 21.8. The second kappa shape index (κ2) is 8.55. The third kappa shape index (κ3) is 4.04. The Hall–Kier alpha value is -4.02. The van der Waals surface area contributed by atoms with Gasteiger partial charge in [-0.1, -0.05) is 6.08 Å². The van der Waals surface area contributed by atoms with Gasteiger partial charge in [0.2, 0.25) is 0 Å². The number of aryl methyl sites for hydroxylation is 1. The maximum Gasteiger partial charge on any atom is 0.301 e. The minimum Gasteiger partial charge on any atom is -0.455 e. The topological polar surface area (TPSA) is 153 Å². The quantitative estimate of drug-likeness (QED) is 0.400. The SMILES string of the molecule is C=CCNC(=O)c1oc2c(c1C)/C(=N/Nc1ccc([N+](=O)[O-])cc1[N+](=O)[O-])CCC2. The van der Waals surface area contributed by atoms with Crippen molar-refractivity contribution in [2.75, 3.05) is 12.0 Å². The lowest BCUT2D eigenvalue weighted by Gasteiger charge is -2.13. The molecule has 3 rings (SSSR count). The highest BCUT2D eigenvalue weighted by molar-refractivity contribution is 6.06. The number of nitro groups is 2. The molecule has 1 heterocycles. The van der Waals surface area contributed by atoms with Gasteiger partial charge in [-0.15, -0.1) is 6.58 Å². The normalized spacial score (nSPS) is 14.1. The first kappa shape index (κ1) is 20.7. The van der Waals surface area contributed by atoms with E-state index < -0.39 is 15.5 Å². The number of hydrogen-bond donors (Lipinski definition) is 2. The molecule has 0 fully saturated rings. The van der Waals surface area contributed by atoms with Crippen molar-refractivity contribution in [2.24, 2.45) is 5.10 Å². The van der Waals surface area contributed by atoms with Gasteiger partial charge in [0.05, 0.1) is 21.6 Å². The Morgan fingerprint density at radius 2 is 2.07 bits per heavy atom. The van der Waals surface area contributed by atoms with E-state index in [0.717, 1.165) is 18.6 Å². The molecular weight excluding hydrogens is 394 g/mol. The van der Waals surface area contributed by atoms with E-state index in [2.05, 4.69) is 22.4 Å². The molecule has 0 saturated carbocycles. The number of furan rings is 1. The molecule has 30 heavy (non-hydrogen) atoms. The van der Waals surface area contributed by atoms with Crippen LogP contribution >= 0.6 is 0 Å². The van der Waals surface area contributed by atoms with E-state index in [0.29, 0.717) is 42.0 Å². The van der Waals surface area contributed by atoms with Gasteiger partial charge in [-0.05, 0) is 25.8 Å². The number of non-ortho nitro benzene ring substituents is 1. The summed E-state index contributed by atoms with van der Waals surface area (Å²) in [5.41, 5.74) is 3.73. The zero-order valence-corrected chi connectivity index (χ0v) is 16.1. The maximum absolute atomic E-state index is 12.3. The summed E-state index contributed by atoms with van der Waals surface area (Å²) in [5, 5.41) is 29.1. The number of nitro benzene ring substituents is 2. The monoisotopic (exact) mass is 413 g/mol. The van der Waals surface area contributed by atoms with Crippen molar-refractivity contribution in [1.29, 1.82) is 0 Å². The van der Waals surface area contributed by atoms with E-state index in [1.54, 1.807) is 13.0 Å². The first-order chi connectivity index (χ1) is 14.3. The summed E-state index contributed by atoms with van der Waals surface area (Å²) in [4.78, 5) is 33.0. The summed E-state index contributed by atoms with van der Waals surface area (Å²) in [7, 11) is 0. The van der Waals surface area contributed by atoms with E-state index in [1.807, 2.05) is 0 Å². The predicted octanol–water partition coefficient (Wildman–Crippen LogP) is 3.47. The molecule has 0 aliphatic heterocycles. The highest BCUT2D eigenvalue weighted by atomic mass is 16.6. The minimum atomic E-state index is -0.715. The van der Waals surface area contributed by atoms with Crippen LogP contribution in [0.4, 0.5) is 17.1 Å². The number of fused-ring (bicyclic) bond motifs is 1. The van der Waals surface area contributed by atoms with Crippen LogP contribution < -0.4 is 10.7 Å². The molecule has 2 N–H and O–H groups in total. The van der Waals surface area contributed by atoms with Crippen molar-refractivity contribution in [2.45, 2.75) is 26.2 Å². The number of hydrazone groups is 1. The number of carbonyl (C=O) groups is 1. The number of amides is 1. The molecule has 1 aromatic heterocycles. The van der Waals surface area contributed by atoms with Gasteiger partial charge in [0, 0.05) is 30.2 Å². The van der Waals surface area contributed by atoms with Gasteiger partial charge >= 0.3 is 5.69 Å². The zero-order valence-electron chi connectivity index (χ0n) is 16.1. The number of benzene rings is 1. The maximum atomic E-state index is 12.3. The van der Waals surface area contributed by atoms with Crippen LogP contribution in [0.15, 0.2) is 40.4 Å². The van der Waals surface area contributed by atoms with Crippen molar-refractivity contribution < 1.29 is 19.1 Å². The molecule has 1 aliphatic rings. The Bertz CT molecular complexity index is 1070. The number of nitrogens with zero attached hydrogens (tertiary/aromatic N) is 3. The molecular formula is C19H19N5O6. The molecule has 0 atom stereocenters. The van der Waals surface area contributed by atoms with Crippen LogP contribution in [0.1, 0.15) is 40.3 Å². The van der Waals surface area contributed by atoms with Gasteiger partial charge in [-0.3, -0.25) is 30.4 Å². The first-order valence-corrected chi connectivity index (χ1v) is 9.10. The molecule has 0 spiro atoms. The highest BCUT2D eigenvalue weighted by Crippen LogP contribution is 2.32. The Morgan fingerprint density at radius 1 is 1.30 bits per heavy atom. The smallest absolute Gasteiger partial charge is 0.301 e. The van der Waals surface area contributed by atoms with Crippen LogP contribution in [0, 0.1) is 27.2 Å². The standard InChI is InChI=1S/C19H19N5O6/c1-3-9-20-19(25)18-11(2)17-14(5-4-6-16(17)30-18)22-21-13-8-7-12(23(26)27)10-15(13)24(28)29/h3,7-8,10,21H,1,4-6,9H2,2H3,(H,20,25)/b22-14+. The van der Waals surface area contributed by atoms with Gasteiger partial charge < -0.3 is 9.73 Å². The number of nitrogens with one attached hydrogen (secondary N) is 2. The summed E-state index contributed by atoms with van der Waals surface area (Å²) < 4.78 is 5.74. The van der Waals surface area contributed by atoms with Gasteiger partial charge in [-0.2, -0.15) is 5.10 Å². The molecule has 11 heteroatoms. The van der Waals surface area contributed by atoms with Gasteiger partial charge in [0.15, 0.2) is 5.76 Å². The van der Waals surface area contributed by atoms with Crippen molar-refractivity contribution in [3.63, 3.8) is 0 Å². The Balaban J connectivity index is 1.93. The van der Waals surface area contributed by atoms with E-state index in [4.69, 9.17) is 4.42 Å². The summed E-state index contributed by atoms with van der Waals surface area (Å²) >= 11 is 0. The van der Waals surface area contributed by atoms with Gasteiger partial charge in [0.1, 0.15) is 11.4 Å². The van der Waals surface area contributed by atoms with Crippen LogP contribution in [0.3, 0.4) is 0 Å². The molecule has 0 radical (unpaired) electrons. The van der Waals surface area contributed by atoms with Crippen LogP contribution in [0.25, 0.3) is 0 Å². The van der Waals surface area contributed by atoms with E-state index in [1.165, 1.54) is 6.07 Å². The second-order valence-corrected chi connectivity index (χ2v) is 6.59. The first-order valence-electron chi connectivity index (χ1n) is 9.10. The second-order valence-electron chi connectivity index (χ2n) is 6.59. The molecule has 1 aliphatic carbocycles. The van der Waals surface area contributed by atoms with Gasteiger partial charge in [0.25, 0.3) is 11.6 Å². The summed E-state index contributed by atoms with van der Waals surface area (Å²) in [6.45, 7) is 5.61. The van der Waals surface area contributed by atoms with Crippen LogP contribution in [0.5, 0.6) is 0 Å². The molecule has 2 aromatic rings. The Labute approximate surface area is 170 Å². The van der Waals surface area contributed by atoms with Crippen LogP contribution in [0.2, 0.25) is 0 Å². The predicted molar refractivity (Wildman–Crippen MR) is 109 cm³/mol. The Morgan fingerprint density at radius 3 is 2.73 bits per heavy atom. The summed E-state index contributed by atoms with van der Waals surface area (Å²) in [5.74, 6) is 0.458. The van der Waals surface area contributed by atoms with Crippen molar-refractivity contribution in [3.8, 4) is 0 Å². The van der Waals surface area contributed by atoms with Gasteiger partial charge in [-0.25, -0.2) is 0 Å². The molecule has 156 valence electrons. The van der Waals surface area contributed by atoms with Crippen molar-refractivity contribution in [3.05, 3.63) is 73.7 Å². The number of carbonyl (C=O) groups excluding carboxylic acids is 1. The van der Waals surface area contributed by atoms with Crippen LogP contribution in [-0.4, -0.2) is 28.0 Å². The minimum absolute atomic E-state index is 0.0234. The lowest BCUT2D eigenvalue weighted by molar-refractivity contribution is -0.393. The molecule has 0 unspecified atom stereocenters. The fourth-order valence-corrected chi connectivity index (χ4v) is 3.25. The molecule has 1 amide bonds. The van der Waals surface area contributed by atoms with E-state index in [-0.39, 0.29) is 23.0 Å². The number of hydrogen-bond acceptors (Lipinski definition) is 8. The van der Waals surface area contributed by atoms with E-state index >= 15 is 0 Å². The largest absolute Gasteiger partial charge is 0.455 e. The number of rotatable bonds is 7. The summed E-state index contributed by atoms with van der Waals surface area (Å²) in [6, 6.07) is 3.27. The lowest BCUT2D eigenvalue weighted by Crippen LogP contribution is -2.23. The van der Waals surface area contributed by atoms with E-state index in [9.17, 15) is 25.0 Å². The highest BCUT2D eigenvalue weighted by Gasteiger charge is 2.28. The summed E-state index contributed by atoms with van der Waals surface area (Å²) in [6.07, 6.45) is 3.51. The molecule has 1 aromatic carbocycles. The fraction of sp³-hybridized carbons (Fsp3) is 0.263. The Kier molecular flexibility index (Phi) is 5.90. The van der Waals surface area contributed by atoms with Crippen LogP contribution in [-0.2, 0) is 6.42 Å². The fourth-order valence-electron chi connectivity index (χ4n) is 3.25. The van der Waals surface area contributed by atoms with Crippen molar-refractivity contribution >= 4 is 28.7 Å². The molecule has 0 saturated heterocycles. The average molecular weight is 413 g/mol. The number of anilines is 1. The lowest BCUT2D eigenvalue weighted by atomic mass is 9.93. The molecule has 0 bridgehead atoms. The third-order valence-electron chi connectivity index (χ3n) is 4.64. The van der Waals surface area contributed by atoms with Crippen molar-refractivity contribution in [1.82, 2.24) is 5.32 Å².